The molecule has 3 aliphatic heterocycles. The van der Waals surface area contributed by atoms with Gasteiger partial charge in [-0.05, 0) is 0 Å². The minimum atomic E-state index is -3.08. The van der Waals surface area contributed by atoms with Crippen molar-refractivity contribution in [2.24, 2.45) is 0 Å². The third-order valence-corrected chi connectivity index (χ3v) is 7.84. The molecule has 3 fully saturated rings. The van der Waals surface area contributed by atoms with Gasteiger partial charge in [-0.25, -0.2) is 9.18 Å². The summed E-state index contributed by atoms with van der Waals surface area (Å²) in [6, 6.07) is -3.13. The van der Waals surface area contributed by atoms with Crippen LogP contribution in [-0.4, -0.2) is 186 Å². The molecule has 0 aromatic rings. The van der Waals surface area contributed by atoms with Gasteiger partial charge >= 0.3 is 5.97 Å². The number of carbonyl (C=O) groups excluding carboxylic acids is 2. The molecule has 0 aromatic heterocycles. The number of nitrogens with one attached hydrogen (secondary N) is 2. The highest BCUT2D eigenvalue weighted by Gasteiger charge is 2.60. The van der Waals surface area contributed by atoms with Crippen LogP contribution in [-0.2, 0) is 38.1 Å². The maximum Gasteiger partial charge on any atom is 0.364 e. The number of alkyl halides is 1. The molecular formula is C25H41FN2O18. The van der Waals surface area contributed by atoms with Crippen molar-refractivity contribution >= 4 is 17.8 Å². The van der Waals surface area contributed by atoms with Crippen LogP contribution in [0.3, 0.4) is 0 Å². The predicted molar refractivity (Wildman–Crippen MR) is 141 cm³/mol. The number of ether oxygens (including phenoxy) is 5. The molecule has 0 aromatic carbocycles. The van der Waals surface area contributed by atoms with Crippen LogP contribution in [0.4, 0.5) is 4.39 Å². The molecule has 16 atom stereocenters. The van der Waals surface area contributed by atoms with Gasteiger partial charge in [-0.2, -0.15) is 0 Å². The topological polar surface area (TPSA) is 324 Å². The summed E-state index contributed by atoms with van der Waals surface area (Å²) in [5, 5.41) is 108. The van der Waals surface area contributed by atoms with Crippen LogP contribution in [0.15, 0.2) is 0 Å². The smallest absolute Gasteiger partial charge is 0.364 e. The number of carboxylic acids is 1. The summed E-state index contributed by atoms with van der Waals surface area (Å²) in [4.78, 5) is 36.1. The van der Waals surface area contributed by atoms with E-state index in [0.29, 0.717) is 0 Å². The zero-order valence-corrected chi connectivity index (χ0v) is 24.6. The van der Waals surface area contributed by atoms with E-state index in [1.807, 2.05) is 0 Å². The lowest BCUT2D eigenvalue weighted by molar-refractivity contribution is -0.379. The first kappa shape index (κ1) is 38.2. The Hall–Kier alpha value is -2.22. The van der Waals surface area contributed by atoms with Gasteiger partial charge in [-0.1, -0.05) is 0 Å². The van der Waals surface area contributed by atoms with Crippen LogP contribution in [0, 0.1) is 0 Å². The summed E-state index contributed by atoms with van der Waals surface area (Å²) in [6.07, 6.45) is -26.6. The quantitative estimate of drug-likeness (QED) is 0.0913. The second-order valence-corrected chi connectivity index (χ2v) is 11.2. The second-order valence-electron chi connectivity index (χ2n) is 11.2. The molecule has 3 heterocycles. The number of amides is 2. The molecule has 1 unspecified atom stereocenters. The van der Waals surface area contributed by atoms with Gasteiger partial charge in [0.05, 0.1) is 25.4 Å². The van der Waals surface area contributed by atoms with Crippen LogP contribution in [0.5, 0.6) is 0 Å². The summed E-state index contributed by atoms with van der Waals surface area (Å²) >= 11 is 0. The minimum Gasteiger partial charge on any atom is -0.477 e. The van der Waals surface area contributed by atoms with E-state index in [0.717, 1.165) is 13.8 Å². The Labute approximate surface area is 260 Å². The van der Waals surface area contributed by atoms with Crippen molar-refractivity contribution in [3.63, 3.8) is 0 Å². The molecule has 2 amide bonds. The molecule has 3 saturated heterocycles. The van der Waals surface area contributed by atoms with Gasteiger partial charge in [-0.15, -0.1) is 0 Å². The van der Waals surface area contributed by atoms with Gasteiger partial charge in [0.2, 0.25) is 11.8 Å². The van der Waals surface area contributed by atoms with E-state index in [1.54, 1.807) is 0 Å². The van der Waals surface area contributed by atoms with Crippen molar-refractivity contribution in [1.82, 2.24) is 10.6 Å². The first-order valence-electron chi connectivity index (χ1n) is 14.2. The molecule has 3 rings (SSSR count). The van der Waals surface area contributed by atoms with Gasteiger partial charge < -0.3 is 85.4 Å². The van der Waals surface area contributed by atoms with Crippen LogP contribution in [0.2, 0.25) is 0 Å². The zero-order valence-electron chi connectivity index (χ0n) is 24.6. The zero-order chi connectivity index (χ0) is 34.7. The molecule has 0 radical (unpaired) electrons. The van der Waals surface area contributed by atoms with Crippen molar-refractivity contribution in [2.75, 3.05) is 19.9 Å². The van der Waals surface area contributed by atoms with Gasteiger partial charge in [0, 0.05) is 20.3 Å². The number of aliphatic carboxylic acids is 1. The SMILES string of the molecule is CC(=O)N[C@H]1[C@H]([C@H](O)[C@H](O)CO)O[C@@](O[C@H]2[C@@H](O)[C@@H](CF)O[C@@H](O[C@H]3[C@@H](O)[C@@H](CO)OC(O)[C@@H]3NC(C)=O)[C@@H]2O)(C(=O)O)C[C@@H]1O. The molecule has 12 N–H and O–H groups in total. The number of carbonyl (C=O) groups is 3. The molecule has 0 spiro atoms. The Morgan fingerprint density at radius 1 is 0.913 bits per heavy atom. The first-order valence-corrected chi connectivity index (χ1v) is 14.2. The maximum absolute atomic E-state index is 14.1. The Kier molecular flexibility index (Phi) is 13.1. The normalized spacial score (nSPS) is 42.9. The van der Waals surface area contributed by atoms with Crippen molar-refractivity contribution in [2.45, 2.75) is 118 Å². The molecule has 0 bridgehead atoms. The molecule has 0 saturated carbocycles. The number of hydrogen-bond donors (Lipinski definition) is 12. The Bertz CT molecular complexity index is 1060. The maximum atomic E-state index is 14.1. The lowest BCUT2D eigenvalue weighted by atomic mass is 9.88. The Morgan fingerprint density at radius 3 is 2.02 bits per heavy atom. The summed E-state index contributed by atoms with van der Waals surface area (Å²) in [5.41, 5.74) is 0. The average molecular weight is 677 g/mol. The number of aliphatic hydroxyl groups excluding tert-OH is 9. The standard InChI is InChI=1S/C25H41FN2O18/c1-7(31)27-13-9(33)3-25(24(40)41,45-20(13)15(35)10(34)5-29)46-21-16(36)11(4-26)43-23(18(21)38)44-19-14(28-8(2)32)22(39)42-12(6-30)17(19)37/h9-23,29-30,33-39H,3-6H2,1-2H3,(H,27,31)(H,28,32)(H,40,41)/t9-,10+,11+,12+,13+,14+,15+,16-,17-,18+,19+,20+,21-,22?,23-,25-/m0/s1. The monoisotopic (exact) mass is 676 g/mol. The lowest BCUT2D eigenvalue weighted by Gasteiger charge is -2.50. The number of hydrogen-bond acceptors (Lipinski definition) is 17. The summed E-state index contributed by atoms with van der Waals surface area (Å²) in [7, 11) is 0. The van der Waals surface area contributed by atoms with E-state index in [4.69, 9.17) is 23.7 Å². The molecule has 20 nitrogen and oxygen atoms in total. The van der Waals surface area contributed by atoms with Crippen molar-refractivity contribution in [3.8, 4) is 0 Å². The fourth-order valence-electron chi connectivity index (χ4n) is 5.54. The highest BCUT2D eigenvalue weighted by atomic mass is 19.1. The first-order chi connectivity index (χ1) is 21.5. The third-order valence-electron chi connectivity index (χ3n) is 7.84. The van der Waals surface area contributed by atoms with E-state index in [-0.39, 0.29) is 0 Å². The van der Waals surface area contributed by atoms with Crippen molar-refractivity contribution < 1.29 is 93.5 Å². The molecule has 21 heteroatoms. The number of halogens is 1. The number of carboxylic acid groups (broad SMARTS) is 1. The molecule has 266 valence electrons. The van der Waals surface area contributed by atoms with E-state index >= 15 is 0 Å². The van der Waals surface area contributed by atoms with E-state index in [2.05, 4.69) is 10.6 Å². The van der Waals surface area contributed by atoms with Crippen molar-refractivity contribution in [3.05, 3.63) is 0 Å². The molecule has 46 heavy (non-hydrogen) atoms. The van der Waals surface area contributed by atoms with E-state index in [9.17, 15) is 69.8 Å². The Morgan fingerprint density at radius 2 is 1.50 bits per heavy atom. The summed E-state index contributed by atoms with van der Waals surface area (Å²) in [5.74, 6) is -6.60. The fourth-order valence-corrected chi connectivity index (χ4v) is 5.54. The Balaban J connectivity index is 1.98. The average Bonchev–Trinajstić information content (AvgIpc) is 2.99. The van der Waals surface area contributed by atoms with Gasteiger partial charge in [0.15, 0.2) is 12.6 Å². The van der Waals surface area contributed by atoms with Gasteiger partial charge in [-0.3, -0.25) is 9.59 Å². The predicted octanol–water partition coefficient (Wildman–Crippen LogP) is -7.10. The van der Waals surface area contributed by atoms with E-state index in [1.165, 1.54) is 0 Å². The van der Waals surface area contributed by atoms with Crippen LogP contribution in [0.25, 0.3) is 0 Å². The summed E-state index contributed by atoms with van der Waals surface area (Å²) in [6.45, 7) is -1.34. The summed E-state index contributed by atoms with van der Waals surface area (Å²) < 4.78 is 41.1. The molecule has 3 aliphatic rings. The lowest BCUT2D eigenvalue weighted by Crippen LogP contribution is -2.71. The third kappa shape index (κ3) is 8.07. The number of rotatable bonds is 12. The van der Waals surface area contributed by atoms with Crippen molar-refractivity contribution in [1.29, 1.82) is 0 Å². The van der Waals surface area contributed by atoms with Gasteiger partial charge in [0.25, 0.3) is 5.79 Å². The number of aliphatic hydroxyl groups is 9. The van der Waals surface area contributed by atoms with Gasteiger partial charge in [0.1, 0.15) is 73.8 Å². The van der Waals surface area contributed by atoms with Crippen LogP contribution >= 0.6 is 0 Å². The van der Waals surface area contributed by atoms with Crippen LogP contribution in [0.1, 0.15) is 20.3 Å². The fraction of sp³-hybridized carbons (Fsp3) is 0.880. The minimum absolute atomic E-state index is 0.740. The van der Waals surface area contributed by atoms with Crippen LogP contribution < -0.4 is 10.6 Å². The molecule has 0 aliphatic carbocycles. The van der Waals surface area contributed by atoms with E-state index < -0.39 is 142 Å². The largest absolute Gasteiger partial charge is 0.477 e. The molecular weight excluding hydrogens is 635 g/mol. The second kappa shape index (κ2) is 15.8. The highest BCUT2D eigenvalue weighted by Crippen LogP contribution is 2.38. The highest BCUT2D eigenvalue weighted by molar-refractivity contribution is 5.76.